The van der Waals surface area contributed by atoms with E-state index in [2.05, 4.69) is 80.1 Å². The highest BCUT2D eigenvalue weighted by Crippen LogP contribution is 2.30. The van der Waals surface area contributed by atoms with Crippen molar-refractivity contribution in [2.45, 2.75) is 24.4 Å². The second kappa shape index (κ2) is 7.06. The number of rotatable bonds is 5. The van der Waals surface area contributed by atoms with Gasteiger partial charge in [0.2, 0.25) is 5.82 Å². The molecule has 0 amide bonds. The van der Waals surface area contributed by atoms with E-state index in [9.17, 15) is 0 Å². The summed E-state index contributed by atoms with van der Waals surface area (Å²) in [4.78, 5) is 0. The van der Waals surface area contributed by atoms with Crippen LogP contribution in [0.3, 0.4) is 0 Å². The van der Waals surface area contributed by atoms with Gasteiger partial charge in [-0.05, 0) is 51.3 Å². The van der Waals surface area contributed by atoms with Gasteiger partial charge in [-0.3, -0.25) is 4.57 Å². The van der Waals surface area contributed by atoms with Gasteiger partial charge in [0.05, 0.1) is 0 Å². The molecular weight excluding hydrogens is 398 g/mol. The van der Waals surface area contributed by atoms with Gasteiger partial charge in [0.25, 0.3) is 0 Å². The van der Waals surface area contributed by atoms with E-state index in [-0.39, 0.29) is 0 Å². The number of aromatic nitrogens is 3. The van der Waals surface area contributed by atoms with Crippen LogP contribution in [0.1, 0.15) is 12.5 Å². The summed E-state index contributed by atoms with van der Waals surface area (Å²) in [6.45, 7) is 2.88. The fraction of sp³-hybridized carbons (Fsp3) is 0.158. The van der Waals surface area contributed by atoms with Crippen molar-refractivity contribution in [3.63, 3.8) is 0 Å². The molecule has 0 bridgehead atoms. The van der Waals surface area contributed by atoms with Crippen LogP contribution in [0.4, 0.5) is 0 Å². The lowest BCUT2D eigenvalue weighted by molar-refractivity contribution is 0.543. The first kappa shape index (κ1) is 16.4. The maximum atomic E-state index is 5.63. The third-order valence-electron chi connectivity index (χ3n) is 4.06. The number of hydrogen-bond donors (Lipinski definition) is 0. The largest absolute Gasteiger partial charge is 0.446 e. The second-order valence-corrected chi connectivity index (χ2v) is 7.31. The molecule has 25 heavy (non-hydrogen) atoms. The third kappa shape index (κ3) is 3.24. The van der Waals surface area contributed by atoms with E-state index in [0.29, 0.717) is 4.67 Å². The quantitative estimate of drug-likeness (QED) is 0.389. The van der Waals surface area contributed by atoms with Gasteiger partial charge in [-0.2, -0.15) is 0 Å². The molecule has 0 aliphatic carbocycles. The van der Waals surface area contributed by atoms with Gasteiger partial charge in [-0.25, -0.2) is 0 Å². The molecule has 126 valence electrons. The van der Waals surface area contributed by atoms with Crippen molar-refractivity contribution in [1.29, 1.82) is 0 Å². The van der Waals surface area contributed by atoms with E-state index in [0.717, 1.165) is 29.0 Å². The van der Waals surface area contributed by atoms with E-state index >= 15 is 0 Å². The zero-order valence-corrected chi connectivity index (χ0v) is 16.0. The summed E-state index contributed by atoms with van der Waals surface area (Å²) in [7, 11) is 0. The molecule has 0 spiro atoms. The number of hydrogen-bond acceptors (Lipinski definition) is 4. The minimum Gasteiger partial charge on any atom is -0.446 e. The Labute approximate surface area is 158 Å². The predicted molar refractivity (Wildman–Crippen MR) is 105 cm³/mol. The van der Waals surface area contributed by atoms with Crippen LogP contribution in [0.2, 0.25) is 0 Å². The van der Waals surface area contributed by atoms with E-state index in [1.54, 1.807) is 11.8 Å². The number of thioether (sulfide) groups is 1. The topological polar surface area (TPSA) is 43.9 Å². The van der Waals surface area contributed by atoms with Crippen molar-refractivity contribution < 1.29 is 4.42 Å². The first-order chi connectivity index (χ1) is 12.3. The molecule has 4 nitrogen and oxygen atoms in total. The molecular formula is C19H16BrN3OS. The molecule has 0 fully saturated rings. The molecule has 0 radical (unpaired) electrons. The average Bonchev–Trinajstić information content (AvgIpc) is 3.25. The van der Waals surface area contributed by atoms with Crippen molar-refractivity contribution in [2.24, 2.45) is 0 Å². The number of fused-ring (bicyclic) bond motifs is 1. The van der Waals surface area contributed by atoms with Crippen LogP contribution in [-0.4, -0.2) is 14.8 Å². The second-order valence-electron chi connectivity index (χ2n) is 5.58. The van der Waals surface area contributed by atoms with Crippen LogP contribution in [0, 0.1) is 0 Å². The molecule has 0 unspecified atom stereocenters. The molecule has 0 atom stereocenters. The van der Waals surface area contributed by atoms with Gasteiger partial charge in [-0.15, -0.1) is 10.2 Å². The van der Waals surface area contributed by atoms with Crippen LogP contribution >= 0.6 is 27.7 Å². The molecule has 0 saturated heterocycles. The Bertz CT molecular complexity index is 1020. The first-order valence-corrected chi connectivity index (χ1v) is 9.82. The smallest absolute Gasteiger partial charge is 0.200 e. The summed E-state index contributed by atoms with van der Waals surface area (Å²) < 4.78 is 8.41. The van der Waals surface area contributed by atoms with Gasteiger partial charge in [0, 0.05) is 12.3 Å². The van der Waals surface area contributed by atoms with Gasteiger partial charge in [-0.1, -0.05) is 54.2 Å². The Balaban J connectivity index is 1.62. The van der Waals surface area contributed by atoms with Gasteiger partial charge < -0.3 is 4.42 Å². The normalized spacial score (nSPS) is 11.3. The minimum atomic E-state index is 0.693. The highest BCUT2D eigenvalue weighted by atomic mass is 79.9. The van der Waals surface area contributed by atoms with E-state index in [4.69, 9.17) is 4.42 Å². The Hall–Kier alpha value is -2.05. The molecule has 2 aromatic carbocycles. The molecule has 6 heteroatoms. The monoisotopic (exact) mass is 413 g/mol. The van der Waals surface area contributed by atoms with Crippen LogP contribution in [0.15, 0.2) is 68.8 Å². The molecule has 2 heterocycles. The van der Waals surface area contributed by atoms with Crippen molar-refractivity contribution >= 4 is 38.5 Å². The van der Waals surface area contributed by atoms with Gasteiger partial charge >= 0.3 is 0 Å². The zero-order chi connectivity index (χ0) is 17.2. The molecule has 0 aliphatic rings. The van der Waals surface area contributed by atoms with Crippen molar-refractivity contribution in [3.8, 4) is 11.6 Å². The molecule has 4 aromatic rings. The van der Waals surface area contributed by atoms with Crippen LogP contribution in [0.5, 0.6) is 0 Å². The summed E-state index contributed by atoms with van der Waals surface area (Å²) in [5.41, 5.74) is 1.30. The Morgan fingerprint density at radius 1 is 1.04 bits per heavy atom. The SMILES string of the molecule is CCn1c(SCc2cccc3ccccc23)nnc1-c1ccc(Br)o1. The Kier molecular flexibility index (Phi) is 4.63. The maximum Gasteiger partial charge on any atom is 0.200 e. The minimum absolute atomic E-state index is 0.693. The third-order valence-corrected chi connectivity index (χ3v) is 5.51. The predicted octanol–water partition coefficient (Wildman–Crippen LogP) is 5.77. The lowest BCUT2D eigenvalue weighted by atomic mass is 10.1. The summed E-state index contributed by atoms with van der Waals surface area (Å²) >= 11 is 5.04. The molecule has 2 aromatic heterocycles. The van der Waals surface area contributed by atoms with E-state index in [1.807, 2.05) is 12.1 Å². The Morgan fingerprint density at radius 3 is 2.68 bits per heavy atom. The van der Waals surface area contributed by atoms with Crippen LogP contribution < -0.4 is 0 Å². The van der Waals surface area contributed by atoms with E-state index < -0.39 is 0 Å². The Morgan fingerprint density at radius 2 is 1.88 bits per heavy atom. The maximum absolute atomic E-state index is 5.63. The summed E-state index contributed by atoms with van der Waals surface area (Å²) in [6, 6.07) is 18.7. The summed E-state index contributed by atoms with van der Waals surface area (Å²) in [5, 5.41) is 12.1. The number of nitrogens with zero attached hydrogens (tertiary/aromatic N) is 3. The average molecular weight is 414 g/mol. The number of benzene rings is 2. The van der Waals surface area contributed by atoms with Crippen molar-refractivity contribution in [1.82, 2.24) is 14.8 Å². The van der Waals surface area contributed by atoms with Crippen LogP contribution in [0.25, 0.3) is 22.4 Å². The highest BCUT2D eigenvalue weighted by Gasteiger charge is 2.16. The molecule has 0 N–H and O–H groups in total. The lowest BCUT2D eigenvalue weighted by Gasteiger charge is -2.08. The van der Waals surface area contributed by atoms with Gasteiger partial charge in [0.15, 0.2) is 15.6 Å². The van der Waals surface area contributed by atoms with Crippen molar-refractivity contribution in [3.05, 3.63) is 64.8 Å². The fourth-order valence-electron chi connectivity index (χ4n) is 2.86. The molecule has 0 aliphatic heterocycles. The molecule has 4 rings (SSSR count). The summed E-state index contributed by atoms with van der Waals surface area (Å²) in [5.74, 6) is 2.33. The highest BCUT2D eigenvalue weighted by molar-refractivity contribution is 9.10. The number of furan rings is 1. The first-order valence-electron chi connectivity index (χ1n) is 8.04. The van der Waals surface area contributed by atoms with Crippen LogP contribution in [-0.2, 0) is 12.3 Å². The van der Waals surface area contributed by atoms with Gasteiger partial charge in [0.1, 0.15) is 0 Å². The standard InChI is InChI=1S/C19H16BrN3OS/c1-2-23-18(16-10-11-17(20)24-16)21-22-19(23)25-12-14-8-5-7-13-6-3-4-9-15(13)14/h3-11H,2,12H2,1H3. The zero-order valence-electron chi connectivity index (χ0n) is 13.6. The fourth-order valence-corrected chi connectivity index (χ4v) is 4.17. The van der Waals surface area contributed by atoms with Crippen molar-refractivity contribution in [2.75, 3.05) is 0 Å². The lowest BCUT2D eigenvalue weighted by Crippen LogP contribution is -1.99. The summed E-state index contributed by atoms with van der Waals surface area (Å²) in [6.07, 6.45) is 0. The molecule has 0 saturated carbocycles. The number of halogens is 1. The van der Waals surface area contributed by atoms with E-state index in [1.165, 1.54) is 16.3 Å².